The summed E-state index contributed by atoms with van der Waals surface area (Å²) in [6, 6.07) is 14.5. The van der Waals surface area contributed by atoms with E-state index in [0.717, 1.165) is 23.5 Å². The molecule has 228 valence electrons. The van der Waals surface area contributed by atoms with E-state index in [-0.39, 0.29) is 30.8 Å². The van der Waals surface area contributed by atoms with Crippen molar-refractivity contribution in [2.45, 2.75) is 38.8 Å². The van der Waals surface area contributed by atoms with Crippen LogP contribution in [-0.2, 0) is 22.6 Å². The molecule has 11 heteroatoms. The Morgan fingerprint density at radius 2 is 1.93 bits per heavy atom. The molecule has 0 saturated carbocycles. The Labute approximate surface area is 256 Å². The molecule has 3 aromatic rings. The van der Waals surface area contributed by atoms with Crippen molar-refractivity contribution in [3.8, 4) is 12.1 Å². The molecule has 2 unspecified atom stereocenters. The molecule has 6 rings (SSSR count). The topological polar surface area (TPSA) is 106 Å². The van der Waals surface area contributed by atoms with Crippen LogP contribution in [0, 0.1) is 24.2 Å². The average molecular weight is 598 g/mol. The second kappa shape index (κ2) is 12.1. The first-order chi connectivity index (χ1) is 21.2. The maximum absolute atomic E-state index is 13.8. The van der Waals surface area contributed by atoms with Crippen LogP contribution in [0.3, 0.4) is 0 Å². The first kappa shape index (κ1) is 29.4. The molecule has 2 aromatic carbocycles. The van der Waals surface area contributed by atoms with E-state index in [9.17, 15) is 19.2 Å². The standard InChI is InChI=1S/C33H36FN7O3/c1-21-6-4-7-24-8-5-9-28(30(21)24)39-13-11-26-27(19-39)36-33(44-20-23-16-29(42)38(3)17-23)37-31(26)40-14-15-41(32(43)22(2)34)25(18-40)10-12-35/h4-9,23,25H,2,10-11,13-20H2,1,3H3. The number of fused-ring (bicyclic) bond motifs is 2. The molecule has 0 aliphatic carbocycles. The summed E-state index contributed by atoms with van der Waals surface area (Å²) >= 11 is 0. The number of ether oxygens (including phenoxy) is 1. The van der Waals surface area contributed by atoms with Gasteiger partial charge in [0.25, 0.3) is 5.91 Å². The van der Waals surface area contributed by atoms with Gasteiger partial charge >= 0.3 is 6.01 Å². The van der Waals surface area contributed by atoms with Crippen molar-refractivity contribution in [2.75, 3.05) is 56.2 Å². The quantitative estimate of drug-likeness (QED) is 0.379. The molecule has 2 amide bonds. The second-order valence-corrected chi connectivity index (χ2v) is 11.9. The maximum Gasteiger partial charge on any atom is 0.318 e. The van der Waals surface area contributed by atoms with E-state index >= 15 is 0 Å². The summed E-state index contributed by atoms with van der Waals surface area (Å²) < 4.78 is 20.0. The van der Waals surface area contributed by atoms with Gasteiger partial charge in [-0.25, -0.2) is 4.39 Å². The lowest BCUT2D eigenvalue weighted by atomic mass is 9.99. The van der Waals surface area contributed by atoms with Crippen molar-refractivity contribution >= 4 is 34.1 Å². The summed E-state index contributed by atoms with van der Waals surface area (Å²) in [4.78, 5) is 41.8. The lowest BCUT2D eigenvalue weighted by molar-refractivity contribution is -0.131. The third kappa shape index (κ3) is 5.64. The Hall–Kier alpha value is -4.72. The highest BCUT2D eigenvalue weighted by molar-refractivity contribution is 5.97. The number of rotatable bonds is 7. The molecule has 1 aromatic heterocycles. The van der Waals surface area contributed by atoms with Crippen molar-refractivity contribution in [1.82, 2.24) is 19.8 Å². The lowest BCUT2D eigenvalue weighted by Crippen LogP contribution is -2.55. The summed E-state index contributed by atoms with van der Waals surface area (Å²) in [7, 11) is 1.79. The van der Waals surface area contributed by atoms with Gasteiger partial charge in [-0.15, -0.1) is 0 Å². The van der Waals surface area contributed by atoms with Crippen molar-refractivity contribution < 1.29 is 18.7 Å². The van der Waals surface area contributed by atoms with Gasteiger partial charge in [0.05, 0.1) is 37.4 Å². The number of carbonyl (C=O) groups is 2. The van der Waals surface area contributed by atoms with Gasteiger partial charge in [0.1, 0.15) is 5.82 Å². The largest absolute Gasteiger partial charge is 0.463 e. The minimum Gasteiger partial charge on any atom is -0.463 e. The number of aryl methyl sites for hydroxylation is 1. The number of aromatic nitrogens is 2. The summed E-state index contributed by atoms with van der Waals surface area (Å²) in [5.74, 6) is -0.952. The number of hydrogen-bond acceptors (Lipinski definition) is 8. The highest BCUT2D eigenvalue weighted by Gasteiger charge is 2.35. The monoisotopic (exact) mass is 597 g/mol. The Morgan fingerprint density at radius 3 is 2.66 bits per heavy atom. The summed E-state index contributed by atoms with van der Waals surface area (Å²) in [5.41, 5.74) is 4.22. The van der Waals surface area contributed by atoms with Crippen LogP contribution in [0.15, 0.2) is 48.8 Å². The molecule has 0 bridgehead atoms. The molecule has 0 radical (unpaired) electrons. The van der Waals surface area contributed by atoms with Crippen LogP contribution in [0.25, 0.3) is 10.8 Å². The fourth-order valence-electron chi connectivity index (χ4n) is 6.70. The minimum absolute atomic E-state index is 0.0501. The van der Waals surface area contributed by atoms with Crippen molar-refractivity contribution in [3.63, 3.8) is 0 Å². The van der Waals surface area contributed by atoms with Gasteiger partial charge in [0.15, 0.2) is 5.83 Å². The van der Waals surface area contributed by atoms with Crippen LogP contribution in [0.5, 0.6) is 6.01 Å². The molecule has 2 atom stereocenters. The van der Waals surface area contributed by atoms with E-state index < -0.39 is 17.8 Å². The fraction of sp³-hybridized carbons (Fsp3) is 0.424. The summed E-state index contributed by atoms with van der Waals surface area (Å²) in [6.45, 7) is 8.53. The Bertz CT molecular complexity index is 1670. The highest BCUT2D eigenvalue weighted by atomic mass is 19.1. The summed E-state index contributed by atoms with van der Waals surface area (Å²) in [6.07, 6.45) is 1.18. The molecule has 0 spiro atoms. The highest BCUT2D eigenvalue weighted by Crippen LogP contribution is 2.36. The Balaban J connectivity index is 1.33. The van der Waals surface area contributed by atoms with Gasteiger partial charge in [0, 0.05) is 68.7 Å². The molecule has 44 heavy (non-hydrogen) atoms. The molecule has 2 fully saturated rings. The zero-order valence-corrected chi connectivity index (χ0v) is 25.1. The number of piperazine rings is 1. The normalized spacial score (nSPS) is 20.1. The van der Waals surface area contributed by atoms with Gasteiger partial charge in [0.2, 0.25) is 5.91 Å². The molecule has 3 aliphatic rings. The summed E-state index contributed by atoms with van der Waals surface area (Å²) in [5, 5.41) is 11.9. The molecule has 4 heterocycles. The van der Waals surface area contributed by atoms with Crippen molar-refractivity contribution in [3.05, 3.63) is 65.6 Å². The van der Waals surface area contributed by atoms with Gasteiger partial charge in [-0.1, -0.05) is 36.9 Å². The number of benzene rings is 2. The van der Waals surface area contributed by atoms with E-state index in [1.54, 1.807) is 11.9 Å². The van der Waals surface area contributed by atoms with Crippen LogP contribution >= 0.6 is 0 Å². The zero-order valence-electron chi connectivity index (χ0n) is 25.1. The second-order valence-electron chi connectivity index (χ2n) is 11.9. The van der Waals surface area contributed by atoms with E-state index in [1.165, 1.54) is 21.2 Å². The van der Waals surface area contributed by atoms with Crippen molar-refractivity contribution in [1.29, 1.82) is 5.26 Å². The number of amides is 2. The van der Waals surface area contributed by atoms with Crippen LogP contribution in [0.1, 0.15) is 29.7 Å². The predicted octanol–water partition coefficient (Wildman–Crippen LogP) is 3.77. The number of likely N-dealkylation sites (tertiary alicyclic amines) is 1. The van der Waals surface area contributed by atoms with Gasteiger partial charge in [-0.05, 0) is 30.4 Å². The van der Waals surface area contributed by atoms with E-state index in [1.807, 2.05) is 0 Å². The van der Waals surface area contributed by atoms with E-state index in [4.69, 9.17) is 14.7 Å². The number of nitrogens with zero attached hydrogens (tertiary/aromatic N) is 7. The number of halogens is 1. The third-order valence-corrected chi connectivity index (χ3v) is 8.93. The van der Waals surface area contributed by atoms with E-state index in [2.05, 4.69) is 65.8 Å². The smallest absolute Gasteiger partial charge is 0.318 e. The van der Waals surface area contributed by atoms with Crippen LogP contribution in [0.4, 0.5) is 15.9 Å². The molecule has 10 nitrogen and oxygen atoms in total. The Kier molecular flexibility index (Phi) is 8.08. The molecular weight excluding hydrogens is 561 g/mol. The van der Waals surface area contributed by atoms with Crippen LogP contribution < -0.4 is 14.5 Å². The molecule has 3 aliphatic heterocycles. The van der Waals surface area contributed by atoms with Gasteiger partial charge < -0.3 is 24.3 Å². The lowest BCUT2D eigenvalue weighted by Gasteiger charge is -2.42. The Morgan fingerprint density at radius 1 is 1.14 bits per heavy atom. The average Bonchev–Trinajstić information content (AvgIpc) is 3.35. The number of hydrogen-bond donors (Lipinski definition) is 0. The molecule has 0 N–H and O–H groups in total. The predicted molar refractivity (Wildman–Crippen MR) is 165 cm³/mol. The number of carbonyl (C=O) groups excluding carboxylic acids is 2. The van der Waals surface area contributed by atoms with Gasteiger partial charge in [-0.3, -0.25) is 9.59 Å². The minimum atomic E-state index is -1.03. The number of nitriles is 1. The van der Waals surface area contributed by atoms with Crippen LogP contribution in [0.2, 0.25) is 0 Å². The third-order valence-electron chi connectivity index (χ3n) is 8.93. The number of anilines is 2. The first-order valence-corrected chi connectivity index (χ1v) is 15.0. The zero-order chi connectivity index (χ0) is 31.0. The fourth-order valence-corrected chi connectivity index (χ4v) is 6.70. The van der Waals surface area contributed by atoms with E-state index in [0.29, 0.717) is 51.4 Å². The SMILES string of the molecule is C=C(F)C(=O)N1CCN(c2nc(OCC3CC(=O)N(C)C3)nc3c2CCN(c2cccc4cccc(C)c24)C3)CC1CC#N. The van der Waals surface area contributed by atoms with Gasteiger partial charge in [-0.2, -0.15) is 15.2 Å². The first-order valence-electron chi connectivity index (χ1n) is 15.0. The van der Waals surface area contributed by atoms with Crippen LogP contribution in [-0.4, -0.2) is 84.0 Å². The molecule has 2 saturated heterocycles. The maximum atomic E-state index is 13.8. The van der Waals surface area contributed by atoms with Crippen molar-refractivity contribution in [2.24, 2.45) is 5.92 Å². The molecular formula is C33H36FN7O3.